The second-order valence-corrected chi connectivity index (χ2v) is 6.33. The molecular formula is C19H22N4O2. The predicted molar refractivity (Wildman–Crippen MR) is 96.3 cm³/mol. The number of carbonyl (C=O) groups excluding carboxylic acids is 2. The molecule has 6 nitrogen and oxygen atoms in total. The van der Waals surface area contributed by atoms with E-state index in [0.717, 1.165) is 11.4 Å². The lowest BCUT2D eigenvalue weighted by atomic mass is 10.1. The fraction of sp³-hybridized carbons (Fsp3) is 0.316. The topological polar surface area (TPSA) is 56.8 Å². The molecule has 1 fully saturated rings. The molecule has 6 heteroatoms. The van der Waals surface area contributed by atoms with E-state index in [-0.39, 0.29) is 18.4 Å². The van der Waals surface area contributed by atoms with Gasteiger partial charge in [-0.3, -0.25) is 9.59 Å². The maximum absolute atomic E-state index is 12.6. The molecule has 130 valence electrons. The maximum Gasteiger partial charge on any atom is 0.255 e. The summed E-state index contributed by atoms with van der Waals surface area (Å²) in [6, 6.07) is 13.4. The average molecular weight is 338 g/mol. The Morgan fingerprint density at radius 1 is 1.12 bits per heavy atom. The minimum atomic E-state index is -0.148. The highest BCUT2D eigenvalue weighted by Crippen LogP contribution is 2.14. The molecule has 2 heterocycles. The summed E-state index contributed by atoms with van der Waals surface area (Å²) in [4.78, 5) is 34.5. The van der Waals surface area contributed by atoms with Crippen molar-refractivity contribution in [1.82, 2.24) is 14.8 Å². The largest absolute Gasteiger partial charge is 0.363 e. The van der Waals surface area contributed by atoms with Crippen LogP contribution in [0.15, 0.2) is 48.7 Å². The molecule has 0 atom stereocenters. The lowest BCUT2D eigenvalue weighted by molar-refractivity contribution is -0.135. The van der Waals surface area contributed by atoms with Gasteiger partial charge >= 0.3 is 0 Å². The fourth-order valence-corrected chi connectivity index (χ4v) is 2.81. The highest BCUT2D eigenvalue weighted by atomic mass is 16.2. The summed E-state index contributed by atoms with van der Waals surface area (Å²) in [6.45, 7) is 1.78. The van der Waals surface area contributed by atoms with Crippen LogP contribution in [-0.4, -0.2) is 60.3 Å². The van der Waals surface area contributed by atoms with Crippen molar-refractivity contribution in [3.8, 4) is 0 Å². The van der Waals surface area contributed by atoms with Gasteiger partial charge in [-0.1, -0.05) is 30.3 Å². The van der Waals surface area contributed by atoms with Crippen molar-refractivity contribution in [2.24, 2.45) is 0 Å². The van der Waals surface area contributed by atoms with Gasteiger partial charge in [0.1, 0.15) is 12.4 Å². The number of hydrogen-bond donors (Lipinski definition) is 0. The number of amides is 2. The van der Waals surface area contributed by atoms with Crippen LogP contribution >= 0.6 is 0 Å². The number of aromatic nitrogens is 1. The van der Waals surface area contributed by atoms with Crippen LogP contribution in [0, 0.1) is 0 Å². The van der Waals surface area contributed by atoms with E-state index < -0.39 is 0 Å². The van der Waals surface area contributed by atoms with Crippen LogP contribution in [0.25, 0.3) is 0 Å². The van der Waals surface area contributed by atoms with Crippen molar-refractivity contribution in [2.75, 3.05) is 38.6 Å². The number of hydrogen-bond acceptors (Lipinski definition) is 4. The van der Waals surface area contributed by atoms with Gasteiger partial charge in [-0.2, -0.15) is 0 Å². The highest BCUT2D eigenvalue weighted by molar-refractivity contribution is 5.97. The summed E-state index contributed by atoms with van der Waals surface area (Å²) < 4.78 is 0. The van der Waals surface area contributed by atoms with E-state index >= 15 is 0 Å². The number of anilines is 1. The van der Waals surface area contributed by atoms with E-state index in [1.165, 1.54) is 0 Å². The second-order valence-electron chi connectivity index (χ2n) is 6.33. The molecule has 2 aromatic rings. The normalized spacial score (nSPS) is 14.6. The zero-order valence-corrected chi connectivity index (χ0v) is 14.6. The Morgan fingerprint density at radius 3 is 2.48 bits per heavy atom. The van der Waals surface area contributed by atoms with Crippen molar-refractivity contribution >= 4 is 17.6 Å². The van der Waals surface area contributed by atoms with Crippen LogP contribution in [-0.2, 0) is 11.3 Å². The monoisotopic (exact) mass is 338 g/mol. The third kappa shape index (κ3) is 3.96. The van der Waals surface area contributed by atoms with E-state index in [4.69, 9.17) is 0 Å². The molecule has 1 aromatic heterocycles. The maximum atomic E-state index is 12.6. The molecule has 0 aliphatic carbocycles. The SMILES string of the molecule is CN(C)c1ccc(C(=O)N2CCN(Cc3ccccc3)C(=O)C2)cn1. The molecule has 0 unspecified atom stereocenters. The van der Waals surface area contributed by atoms with Gasteiger partial charge in [0, 0.05) is 39.9 Å². The van der Waals surface area contributed by atoms with Gasteiger partial charge in [-0.05, 0) is 17.7 Å². The Hall–Kier alpha value is -2.89. The zero-order valence-electron chi connectivity index (χ0n) is 14.6. The van der Waals surface area contributed by atoms with Crippen LogP contribution in [0.3, 0.4) is 0 Å². The van der Waals surface area contributed by atoms with Gasteiger partial charge in [-0.15, -0.1) is 0 Å². The van der Waals surface area contributed by atoms with Crippen molar-refractivity contribution < 1.29 is 9.59 Å². The lowest BCUT2D eigenvalue weighted by Gasteiger charge is -2.34. The van der Waals surface area contributed by atoms with E-state index in [1.807, 2.05) is 49.3 Å². The van der Waals surface area contributed by atoms with Crippen molar-refractivity contribution in [3.63, 3.8) is 0 Å². The van der Waals surface area contributed by atoms with Crippen molar-refractivity contribution in [1.29, 1.82) is 0 Å². The Balaban J connectivity index is 1.62. The molecule has 25 heavy (non-hydrogen) atoms. The van der Waals surface area contributed by atoms with Gasteiger partial charge in [0.15, 0.2) is 0 Å². The van der Waals surface area contributed by atoms with Crippen LogP contribution in [0.5, 0.6) is 0 Å². The molecule has 1 aliphatic heterocycles. The van der Waals surface area contributed by atoms with Crippen molar-refractivity contribution in [2.45, 2.75) is 6.54 Å². The first kappa shape index (κ1) is 17.0. The zero-order chi connectivity index (χ0) is 17.8. The third-order valence-corrected chi connectivity index (χ3v) is 4.28. The molecule has 1 aliphatic rings. The minimum absolute atomic E-state index is 0.0266. The molecule has 0 bridgehead atoms. The summed E-state index contributed by atoms with van der Waals surface area (Å²) in [6.07, 6.45) is 1.57. The van der Waals surface area contributed by atoms with Gasteiger partial charge in [-0.25, -0.2) is 4.98 Å². The Labute approximate surface area is 147 Å². The molecule has 0 N–H and O–H groups in total. The van der Waals surface area contributed by atoms with Crippen LogP contribution in [0.1, 0.15) is 15.9 Å². The smallest absolute Gasteiger partial charge is 0.255 e. The fourth-order valence-electron chi connectivity index (χ4n) is 2.81. The summed E-state index contributed by atoms with van der Waals surface area (Å²) in [5, 5.41) is 0. The molecule has 0 radical (unpaired) electrons. The van der Waals surface area contributed by atoms with Gasteiger partial charge in [0.25, 0.3) is 5.91 Å². The van der Waals surface area contributed by atoms with E-state index in [2.05, 4.69) is 4.98 Å². The standard InChI is InChI=1S/C19H22N4O2/c1-21(2)17-9-8-16(12-20-17)19(25)23-11-10-22(18(24)14-23)13-15-6-4-3-5-7-15/h3-9,12H,10-11,13-14H2,1-2H3. The first-order chi connectivity index (χ1) is 12.0. The van der Waals surface area contributed by atoms with E-state index in [0.29, 0.717) is 25.2 Å². The number of benzene rings is 1. The number of piperazine rings is 1. The number of rotatable bonds is 4. The third-order valence-electron chi connectivity index (χ3n) is 4.28. The quantitative estimate of drug-likeness (QED) is 0.850. The van der Waals surface area contributed by atoms with Gasteiger partial charge in [0.05, 0.1) is 5.56 Å². The Morgan fingerprint density at radius 2 is 1.88 bits per heavy atom. The van der Waals surface area contributed by atoms with E-state index in [1.54, 1.807) is 28.1 Å². The van der Waals surface area contributed by atoms with Crippen LogP contribution in [0.2, 0.25) is 0 Å². The summed E-state index contributed by atoms with van der Waals surface area (Å²) in [5.74, 6) is 0.618. The summed E-state index contributed by atoms with van der Waals surface area (Å²) in [5.41, 5.74) is 1.61. The van der Waals surface area contributed by atoms with Gasteiger partial charge in [0.2, 0.25) is 5.91 Å². The lowest BCUT2D eigenvalue weighted by Crippen LogP contribution is -2.51. The molecule has 1 aromatic carbocycles. The number of pyridine rings is 1. The number of nitrogens with zero attached hydrogens (tertiary/aromatic N) is 4. The molecule has 3 rings (SSSR count). The van der Waals surface area contributed by atoms with Crippen LogP contribution in [0.4, 0.5) is 5.82 Å². The first-order valence-electron chi connectivity index (χ1n) is 8.29. The Bertz CT molecular complexity index is 744. The predicted octanol–water partition coefficient (Wildman–Crippen LogP) is 1.63. The average Bonchev–Trinajstić information content (AvgIpc) is 2.64. The highest BCUT2D eigenvalue weighted by Gasteiger charge is 2.27. The molecule has 2 amide bonds. The van der Waals surface area contributed by atoms with E-state index in [9.17, 15) is 9.59 Å². The minimum Gasteiger partial charge on any atom is -0.363 e. The molecular weight excluding hydrogens is 316 g/mol. The summed E-state index contributed by atoms with van der Waals surface area (Å²) >= 11 is 0. The molecule has 0 spiro atoms. The second kappa shape index (κ2) is 7.34. The van der Waals surface area contributed by atoms with Crippen molar-refractivity contribution in [3.05, 3.63) is 59.8 Å². The number of carbonyl (C=O) groups is 2. The molecule has 0 saturated carbocycles. The first-order valence-corrected chi connectivity index (χ1v) is 8.29. The summed E-state index contributed by atoms with van der Waals surface area (Å²) in [7, 11) is 3.79. The Kier molecular flexibility index (Phi) is 4.97. The molecule has 1 saturated heterocycles. The van der Waals surface area contributed by atoms with Crippen LogP contribution < -0.4 is 4.90 Å². The van der Waals surface area contributed by atoms with Gasteiger partial charge < -0.3 is 14.7 Å².